The first-order valence-corrected chi connectivity index (χ1v) is 12.3. The van der Waals surface area contributed by atoms with Crippen molar-refractivity contribution < 1.29 is 23.5 Å². The minimum Gasteiger partial charge on any atom is -0.454 e. The molecule has 0 radical (unpaired) electrons. The van der Waals surface area contributed by atoms with Crippen LogP contribution in [0.3, 0.4) is 0 Å². The maximum Gasteiger partial charge on any atom is 0.251 e. The van der Waals surface area contributed by atoms with E-state index in [4.69, 9.17) is 9.47 Å². The van der Waals surface area contributed by atoms with E-state index in [2.05, 4.69) is 5.32 Å². The lowest BCUT2D eigenvalue weighted by molar-refractivity contribution is -0.139. The van der Waals surface area contributed by atoms with E-state index >= 15 is 0 Å². The second kappa shape index (κ2) is 11.2. The molecule has 1 atom stereocenters. The molecular weight excluding hydrogens is 483 g/mol. The average Bonchev–Trinajstić information content (AvgIpc) is 3.39. The summed E-state index contributed by atoms with van der Waals surface area (Å²) in [6.07, 6.45) is 0.113. The van der Waals surface area contributed by atoms with Crippen LogP contribution in [0.5, 0.6) is 11.5 Å². The summed E-state index contributed by atoms with van der Waals surface area (Å²) in [6.45, 7) is 2.21. The zero-order valence-electron chi connectivity index (χ0n) is 20.9. The lowest BCUT2D eigenvalue weighted by Gasteiger charge is -2.32. The lowest BCUT2D eigenvalue weighted by atomic mass is 10.00. The van der Waals surface area contributed by atoms with E-state index < -0.39 is 6.04 Å². The third-order valence-corrected chi connectivity index (χ3v) is 6.38. The van der Waals surface area contributed by atoms with Crippen LogP contribution in [-0.2, 0) is 22.6 Å². The van der Waals surface area contributed by atoms with Crippen LogP contribution in [0, 0.1) is 12.7 Å². The number of carbonyl (C=O) groups is 2. The number of amides is 2. The van der Waals surface area contributed by atoms with Crippen molar-refractivity contribution >= 4 is 17.5 Å². The highest BCUT2D eigenvalue weighted by atomic mass is 19.1. The van der Waals surface area contributed by atoms with Crippen LogP contribution in [0.4, 0.5) is 10.1 Å². The van der Waals surface area contributed by atoms with E-state index in [1.165, 1.54) is 12.1 Å². The molecule has 0 bridgehead atoms. The molecule has 1 aliphatic rings. The topological polar surface area (TPSA) is 67.9 Å². The number of aryl methyl sites for hydroxylation is 1. The molecule has 5 rings (SSSR count). The molecule has 1 aliphatic heterocycles. The predicted octanol–water partition coefficient (Wildman–Crippen LogP) is 5.81. The maximum absolute atomic E-state index is 13.9. The largest absolute Gasteiger partial charge is 0.454 e. The first-order chi connectivity index (χ1) is 18.5. The molecule has 1 heterocycles. The zero-order valence-corrected chi connectivity index (χ0v) is 20.9. The van der Waals surface area contributed by atoms with Gasteiger partial charge in [0, 0.05) is 18.3 Å². The smallest absolute Gasteiger partial charge is 0.251 e. The summed E-state index contributed by atoms with van der Waals surface area (Å²) >= 11 is 0. The van der Waals surface area contributed by atoms with Crippen molar-refractivity contribution in [2.45, 2.75) is 25.9 Å². The number of hydrogen-bond acceptors (Lipinski definition) is 4. The molecule has 4 aromatic carbocycles. The van der Waals surface area contributed by atoms with E-state index in [-0.39, 0.29) is 37.4 Å². The standard InChI is InChI=1S/C31H27FN2O4/c1-21-7-11-24(12-8-21)30(31(36)33-26-15-16-27-28(18-26)38-20-37-27)34(19-23-9-13-25(32)14-10-23)29(35)17-22-5-3-2-4-6-22/h2-16,18,30H,17,19-20H2,1H3,(H,33,36). The molecule has 0 aliphatic carbocycles. The summed E-state index contributed by atoms with van der Waals surface area (Å²) in [5, 5.41) is 2.95. The van der Waals surface area contributed by atoms with E-state index in [1.54, 1.807) is 35.2 Å². The van der Waals surface area contributed by atoms with Crippen molar-refractivity contribution in [2.24, 2.45) is 0 Å². The Labute approximate surface area is 220 Å². The Morgan fingerprint density at radius 1 is 0.868 bits per heavy atom. The summed E-state index contributed by atoms with van der Waals surface area (Å²) in [6, 6.07) is 27.1. The van der Waals surface area contributed by atoms with E-state index in [0.717, 1.165) is 11.1 Å². The Morgan fingerprint density at radius 2 is 1.58 bits per heavy atom. The Balaban J connectivity index is 1.51. The molecule has 0 spiro atoms. The molecule has 4 aromatic rings. The molecule has 0 fully saturated rings. The van der Waals surface area contributed by atoms with Crippen molar-refractivity contribution in [1.29, 1.82) is 0 Å². The molecule has 0 aromatic heterocycles. The van der Waals surface area contributed by atoms with Gasteiger partial charge in [0.2, 0.25) is 12.7 Å². The van der Waals surface area contributed by atoms with Crippen LogP contribution >= 0.6 is 0 Å². The number of halogens is 1. The molecule has 1 N–H and O–H groups in total. The van der Waals surface area contributed by atoms with Gasteiger partial charge in [0.1, 0.15) is 11.9 Å². The highest BCUT2D eigenvalue weighted by Crippen LogP contribution is 2.35. The van der Waals surface area contributed by atoms with Gasteiger partial charge in [-0.3, -0.25) is 9.59 Å². The van der Waals surface area contributed by atoms with E-state index in [0.29, 0.717) is 28.3 Å². The fourth-order valence-electron chi connectivity index (χ4n) is 4.39. The van der Waals surface area contributed by atoms with Crippen LogP contribution in [0.15, 0.2) is 97.1 Å². The number of nitrogens with one attached hydrogen (secondary N) is 1. The fraction of sp³-hybridized carbons (Fsp3) is 0.161. The van der Waals surface area contributed by atoms with Crippen molar-refractivity contribution in [3.8, 4) is 11.5 Å². The minimum absolute atomic E-state index is 0.113. The maximum atomic E-state index is 13.9. The lowest BCUT2D eigenvalue weighted by Crippen LogP contribution is -2.41. The number of benzene rings is 4. The van der Waals surface area contributed by atoms with Gasteiger partial charge in [0.05, 0.1) is 6.42 Å². The SMILES string of the molecule is Cc1ccc(C(C(=O)Nc2ccc3c(c2)OCO3)N(Cc2ccc(F)cc2)C(=O)Cc2ccccc2)cc1. The van der Waals surface area contributed by atoms with Gasteiger partial charge in [-0.25, -0.2) is 4.39 Å². The highest BCUT2D eigenvalue weighted by Gasteiger charge is 2.32. The molecular formula is C31H27FN2O4. The molecule has 0 saturated carbocycles. The average molecular weight is 511 g/mol. The van der Waals surface area contributed by atoms with Gasteiger partial charge in [0.25, 0.3) is 5.91 Å². The van der Waals surface area contributed by atoms with Crippen molar-refractivity contribution in [3.05, 3.63) is 125 Å². The van der Waals surface area contributed by atoms with Crippen LogP contribution < -0.4 is 14.8 Å². The van der Waals surface area contributed by atoms with Crippen LogP contribution in [0.25, 0.3) is 0 Å². The third kappa shape index (κ3) is 5.83. The normalized spacial score (nSPS) is 12.6. The first kappa shape index (κ1) is 25.0. The Bertz CT molecular complexity index is 1420. The first-order valence-electron chi connectivity index (χ1n) is 12.3. The van der Waals surface area contributed by atoms with Gasteiger partial charge in [-0.2, -0.15) is 0 Å². The summed E-state index contributed by atoms with van der Waals surface area (Å²) in [5.74, 6) is 0.168. The van der Waals surface area contributed by atoms with Crippen molar-refractivity contribution in [1.82, 2.24) is 4.90 Å². The Kier molecular flexibility index (Phi) is 7.35. The molecule has 192 valence electrons. The third-order valence-electron chi connectivity index (χ3n) is 6.38. The highest BCUT2D eigenvalue weighted by molar-refractivity contribution is 5.98. The summed E-state index contributed by atoms with van der Waals surface area (Å²) in [4.78, 5) is 29.3. The van der Waals surface area contributed by atoms with Gasteiger partial charge in [0.15, 0.2) is 11.5 Å². The number of ether oxygens (including phenoxy) is 2. The van der Waals surface area contributed by atoms with Crippen LogP contribution in [0.1, 0.15) is 28.3 Å². The van der Waals surface area contributed by atoms with Crippen molar-refractivity contribution in [3.63, 3.8) is 0 Å². The number of nitrogens with zero attached hydrogens (tertiary/aromatic N) is 1. The number of fused-ring (bicyclic) bond motifs is 1. The van der Waals surface area contributed by atoms with Gasteiger partial charge >= 0.3 is 0 Å². The summed E-state index contributed by atoms with van der Waals surface area (Å²) in [7, 11) is 0. The monoisotopic (exact) mass is 510 g/mol. The van der Waals surface area contributed by atoms with Gasteiger partial charge < -0.3 is 19.7 Å². The summed E-state index contributed by atoms with van der Waals surface area (Å²) in [5.41, 5.74) is 3.76. The van der Waals surface area contributed by atoms with Crippen LogP contribution in [0.2, 0.25) is 0 Å². The minimum atomic E-state index is -0.942. The van der Waals surface area contributed by atoms with Gasteiger partial charge in [-0.15, -0.1) is 0 Å². The molecule has 7 heteroatoms. The number of carbonyl (C=O) groups excluding carboxylic acids is 2. The second-order valence-electron chi connectivity index (χ2n) is 9.18. The van der Waals surface area contributed by atoms with Gasteiger partial charge in [-0.05, 0) is 47.9 Å². The summed E-state index contributed by atoms with van der Waals surface area (Å²) < 4.78 is 24.5. The second-order valence-corrected chi connectivity index (χ2v) is 9.18. The Hall–Kier alpha value is -4.65. The number of rotatable bonds is 8. The fourth-order valence-corrected chi connectivity index (χ4v) is 4.39. The molecule has 6 nitrogen and oxygen atoms in total. The van der Waals surface area contributed by atoms with E-state index in [1.807, 2.05) is 61.5 Å². The van der Waals surface area contributed by atoms with Crippen LogP contribution in [-0.4, -0.2) is 23.5 Å². The Morgan fingerprint density at radius 3 is 2.32 bits per heavy atom. The molecule has 1 unspecified atom stereocenters. The quantitative estimate of drug-likeness (QED) is 0.325. The predicted molar refractivity (Wildman–Crippen MR) is 142 cm³/mol. The molecule has 2 amide bonds. The number of hydrogen-bond donors (Lipinski definition) is 1. The molecule has 38 heavy (non-hydrogen) atoms. The van der Waals surface area contributed by atoms with E-state index in [9.17, 15) is 14.0 Å². The number of anilines is 1. The van der Waals surface area contributed by atoms with Crippen molar-refractivity contribution in [2.75, 3.05) is 12.1 Å². The molecule has 0 saturated heterocycles. The van der Waals surface area contributed by atoms with Gasteiger partial charge in [-0.1, -0.05) is 72.3 Å². The zero-order chi connectivity index (χ0) is 26.5.